The number of azo groups is 3. The molecule has 0 atom stereocenters. The minimum atomic E-state index is -4.92. The lowest BCUT2D eigenvalue weighted by Crippen LogP contribution is -2.02. The Balaban J connectivity index is 1.29. The molecule has 9 N–H and O–H groups in total. The van der Waals surface area contributed by atoms with E-state index in [9.17, 15) is 60.6 Å². The molecular weight excluding hydrogens is 875 g/mol. The summed E-state index contributed by atoms with van der Waals surface area (Å²) in [5.74, 6) is -0.419. The highest BCUT2D eigenvalue weighted by Crippen LogP contribution is 2.55. The molecule has 6 aromatic rings. The van der Waals surface area contributed by atoms with E-state index < -0.39 is 68.6 Å². The Bertz CT molecular complexity index is 2970. The van der Waals surface area contributed by atoms with Crippen LogP contribution in [-0.2, 0) is 10.1 Å². The predicted molar refractivity (Wildman–Crippen MR) is 230 cm³/mol. The average Bonchev–Trinajstić information content (AvgIpc) is 3.20. The molecule has 0 aliphatic rings. The molecule has 6 rings (SSSR count). The summed E-state index contributed by atoms with van der Waals surface area (Å²) >= 11 is 0. The van der Waals surface area contributed by atoms with E-state index in [0.29, 0.717) is 23.0 Å². The van der Waals surface area contributed by atoms with Crippen LogP contribution in [0.1, 0.15) is 16.7 Å². The van der Waals surface area contributed by atoms with Crippen LogP contribution in [0.3, 0.4) is 0 Å². The minimum absolute atomic E-state index is 0.0112. The molecule has 0 aliphatic heterocycles. The number of fused-ring (bicyclic) bond motifs is 1. The molecule has 0 fully saturated rings. The molecule has 0 aromatic heterocycles. The van der Waals surface area contributed by atoms with Crippen LogP contribution in [-0.4, -0.2) is 62.5 Å². The zero-order valence-corrected chi connectivity index (χ0v) is 34.3. The quantitative estimate of drug-likeness (QED) is 0.0171. The first-order valence-electron chi connectivity index (χ1n) is 17.2. The van der Waals surface area contributed by atoms with Crippen LogP contribution in [0.15, 0.2) is 142 Å². The number of nitrogens with zero attached hydrogens (tertiary/aromatic N) is 7. The summed E-state index contributed by atoms with van der Waals surface area (Å²) in [6.45, 7) is 1.62. The molecule has 0 saturated heterocycles. The van der Waals surface area contributed by atoms with E-state index in [1.165, 1.54) is 86.0 Å². The molecule has 0 bridgehead atoms. The topological polar surface area (TPSA) is 343 Å². The van der Waals surface area contributed by atoms with Crippen molar-refractivity contribution in [3.05, 3.63) is 124 Å². The van der Waals surface area contributed by atoms with Gasteiger partial charge in [0.15, 0.2) is 5.75 Å². The fourth-order valence-electron chi connectivity index (χ4n) is 5.71. The molecule has 62 heavy (non-hydrogen) atoms. The Hall–Kier alpha value is -6.71. The lowest BCUT2D eigenvalue weighted by atomic mass is 10.1. The first-order chi connectivity index (χ1) is 29.1. The second-order valence-electron chi connectivity index (χ2n) is 13.0. The number of ether oxygens (including phenoxy) is 1. The summed E-state index contributed by atoms with van der Waals surface area (Å²) in [7, 11) is -12.5. The zero-order chi connectivity index (χ0) is 45.1. The Labute approximate surface area is 354 Å². The maximum atomic E-state index is 11.9. The van der Waals surface area contributed by atoms with Crippen LogP contribution in [0.4, 0.5) is 39.8 Å². The fourth-order valence-corrected chi connectivity index (χ4v) is 7.82. The largest absolute Gasteiger partial charge is 0.508 e. The van der Waals surface area contributed by atoms with Crippen molar-refractivity contribution in [3.8, 4) is 17.2 Å². The van der Waals surface area contributed by atoms with Crippen LogP contribution in [0.2, 0.25) is 0 Å². The van der Waals surface area contributed by atoms with Crippen LogP contribution >= 0.6 is 21.7 Å². The number of rotatable bonds is 13. The maximum absolute atomic E-state index is 11.9. The second kappa shape index (κ2) is 17.7. The van der Waals surface area contributed by atoms with Gasteiger partial charge in [-0.25, -0.2) is 0 Å². The van der Waals surface area contributed by atoms with Gasteiger partial charge in [0.2, 0.25) is 0 Å². The van der Waals surface area contributed by atoms with Gasteiger partial charge in [-0.15, -0.1) is 10.2 Å². The molecule has 0 spiro atoms. The van der Waals surface area contributed by atoms with Gasteiger partial charge in [0.1, 0.15) is 49.5 Å². The Kier molecular flexibility index (Phi) is 12.8. The van der Waals surface area contributed by atoms with Gasteiger partial charge in [0.25, 0.3) is 15.8 Å². The molecule has 0 aliphatic carbocycles. The number of aromatic hydroxyl groups is 2. The zero-order valence-electron chi connectivity index (χ0n) is 31.8. The van der Waals surface area contributed by atoms with Crippen molar-refractivity contribution in [1.29, 1.82) is 0 Å². The first-order valence-corrected chi connectivity index (χ1v) is 21.7. The lowest BCUT2D eigenvalue weighted by molar-refractivity contribution is -0.385. The Morgan fingerprint density at radius 1 is 0.613 bits per heavy atom. The van der Waals surface area contributed by atoms with Crippen LogP contribution in [0.5, 0.6) is 17.2 Å². The van der Waals surface area contributed by atoms with Gasteiger partial charge in [-0.05, 0) is 102 Å². The summed E-state index contributed by atoms with van der Waals surface area (Å²) in [6, 6.07) is 21.0. The van der Waals surface area contributed by atoms with E-state index in [-0.39, 0.29) is 50.5 Å². The van der Waals surface area contributed by atoms with Crippen molar-refractivity contribution in [2.75, 3.05) is 7.11 Å². The van der Waals surface area contributed by atoms with Gasteiger partial charge >= 0.3 is 0 Å². The number of nitro benzene ring substituents is 1. The third-order valence-electron chi connectivity index (χ3n) is 8.71. The fraction of sp³-hybridized carbons (Fsp3) is 0.0526. The van der Waals surface area contributed by atoms with Gasteiger partial charge in [-0.2, -0.15) is 28.9 Å². The third-order valence-corrected chi connectivity index (χ3v) is 11.5. The molecule has 0 unspecified atom stereocenters. The number of phenolic OH excluding ortho intramolecular Hbond substituents is 2. The molecule has 0 saturated carbocycles. The number of phenols is 2. The predicted octanol–water partition coefficient (Wildman–Crippen LogP) is 12.3. The molecule has 6 aromatic carbocycles. The highest BCUT2D eigenvalue weighted by atomic mass is 32.3. The van der Waals surface area contributed by atoms with Gasteiger partial charge in [-0.3, -0.25) is 14.7 Å². The van der Waals surface area contributed by atoms with Gasteiger partial charge in [0, 0.05) is 23.6 Å². The summed E-state index contributed by atoms with van der Waals surface area (Å²) in [5.41, 5.74) is 0.219. The molecule has 0 heterocycles. The number of methoxy groups -OCH3 is 1. The SMILES string of the molecule is COc1cc(N=Nc2ccc(C=Cc3ccc([N+](=O)[O-])cc3S(=O)(=O)O)c(S(O)(O)O)c2)c(C)cc1N=Nc1c(S(O)(O)O)cc2cc(N=Nc3ccc(O)cc3)ccc2c1O. The van der Waals surface area contributed by atoms with Crippen molar-refractivity contribution in [3.63, 3.8) is 0 Å². The van der Waals surface area contributed by atoms with Crippen LogP contribution in [0.25, 0.3) is 22.9 Å². The number of hydrogen-bond acceptors (Lipinski definition) is 19. The van der Waals surface area contributed by atoms with E-state index >= 15 is 0 Å². The summed E-state index contributed by atoms with van der Waals surface area (Å²) < 4.78 is 101. The number of aryl methyl sites for hydroxylation is 1. The second-order valence-corrected chi connectivity index (χ2v) is 17.3. The maximum Gasteiger partial charge on any atom is 0.295 e. The highest BCUT2D eigenvalue weighted by Gasteiger charge is 2.26. The molecule has 21 nitrogen and oxygen atoms in total. The Morgan fingerprint density at radius 2 is 1.18 bits per heavy atom. The number of non-ortho nitro benzene ring substituents is 1. The van der Waals surface area contributed by atoms with E-state index in [4.69, 9.17) is 4.74 Å². The normalized spacial score (nSPS) is 13.2. The summed E-state index contributed by atoms with van der Waals surface area (Å²) in [5, 5.41) is 57.0. The standard InChI is InChI=1S/C38H33N7O14S3/c1-21-15-32(43-44-37-36(62(56,57)58)17-24-16-26(10-14-30(24)38(37)47)40-39-25-8-12-29(46)13-9-25)33(59-2)20-31(21)42-41-27-7-5-22(34(18-27)60(50,51)52)3-4-23-6-11-28(45(48)49)19-35(23)61(53,54)55/h3-20,46-47,50-52,56-58H,1-2H3,(H,53,54,55). The average molecular weight is 908 g/mol. The smallest absolute Gasteiger partial charge is 0.295 e. The Morgan fingerprint density at radius 3 is 1.81 bits per heavy atom. The van der Waals surface area contributed by atoms with Crippen molar-refractivity contribution in [2.45, 2.75) is 21.6 Å². The summed E-state index contributed by atoms with van der Waals surface area (Å²) in [6.07, 6.45) is 2.30. The van der Waals surface area contributed by atoms with Crippen LogP contribution < -0.4 is 4.74 Å². The van der Waals surface area contributed by atoms with Crippen molar-refractivity contribution in [1.82, 2.24) is 0 Å². The molecular formula is C38H33N7O14S3. The van der Waals surface area contributed by atoms with E-state index in [2.05, 4.69) is 30.7 Å². The first kappa shape index (κ1) is 44.8. The molecule has 24 heteroatoms. The highest BCUT2D eigenvalue weighted by molar-refractivity contribution is 8.19. The summed E-state index contributed by atoms with van der Waals surface area (Å²) in [4.78, 5) is 8.51. The number of nitro groups is 1. The minimum Gasteiger partial charge on any atom is -0.508 e. The van der Waals surface area contributed by atoms with E-state index in [1.807, 2.05) is 0 Å². The third kappa shape index (κ3) is 10.4. The molecule has 322 valence electrons. The molecule has 0 amide bonds. The van der Waals surface area contributed by atoms with E-state index in [1.54, 1.807) is 6.92 Å². The van der Waals surface area contributed by atoms with E-state index in [0.717, 1.165) is 24.3 Å². The lowest BCUT2D eigenvalue weighted by Gasteiger charge is -2.22. The number of hydrogen-bond donors (Lipinski definition) is 9. The van der Waals surface area contributed by atoms with Gasteiger partial charge in [-0.1, -0.05) is 18.2 Å². The number of benzene rings is 6. The van der Waals surface area contributed by atoms with Crippen LogP contribution in [0, 0.1) is 17.0 Å². The van der Waals surface area contributed by atoms with Crippen molar-refractivity contribution in [2.24, 2.45) is 30.7 Å². The molecule has 0 radical (unpaired) electrons. The van der Waals surface area contributed by atoms with Gasteiger partial charge < -0.3 is 42.3 Å². The monoisotopic (exact) mass is 907 g/mol. The van der Waals surface area contributed by atoms with Gasteiger partial charge in [0.05, 0.1) is 44.6 Å². The van der Waals surface area contributed by atoms with Crippen molar-refractivity contribution >= 4 is 94.6 Å². The van der Waals surface area contributed by atoms with Crippen molar-refractivity contribution < 1.29 is 60.2 Å².